The summed E-state index contributed by atoms with van der Waals surface area (Å²) in [6, 6.07) is 0. The Labute approximate surface area is 114 Å². The summed E-state index contributed by atoms with van der Waals surface area (Å²) in [6.45, 7) is 2.02. The Kier molecular flexibility index (Phi) is 10.3. The lowest BCUT2D eigenvalue weighted by Gasteiger charge is -2.08. The van der Waals surface area contributed by atoms with Crippen molar-refractivity contribution in [3.05, 3.63) is 12.2 Å². The zero-order chi connectivity index (χ0) is 14.5. The molecule has 0 amide bonds. The number of ether oxygens (including phenoxy) is 1. The Morgan fingerprint density at radius 2 is 2.11 bits per heavy atom. The van der Waals surface area contributed by atoms with Crippen LogP contribution in [0.4, 0.5) is 0 Å². The topological polar surface area (TPSA) is 63.6 Å². The standard InChI is InChI=1S/C15H22O4/c1-3-5-6-7-8-9-10-13(15(17)18)12-14(16)19-11-4-2/h2,8-9,13H,3,5-7,10-12H2,1H3,(H,17,18)/b9-8+. The zero-order valence-electron chi connectivity index (χ0n) is 11.4. The molecule has 19 heavy (non-hydrogen) atoms. The van der Waals surface area contributed by atoms with Gasteiger partial charge in [0.1, 0.15) is 0 Å². The smallest absolute Gasteiger partial charge is 0.307 e. The summed E-state index contributed by atoms with van der Waals surface area (Å²) in [5.41, 5.74) is 0. The highest BCUT2D eigenvalue weighted by Gasteiger charge is 2.20. The van der Waals surface area contributed by atoms with E-state index in [-0.39, 0.29) is 13.0 Å². The highest BCUT2D eigenvalue weighted by atomic mass is 16.5. The third-order valence-electron chi connectivity index (χ3n) is 2.64. The Morgan fingerprint density at radius 3 is 2.68 bits per heavy atom. The van der Waals surface area contributed by atoms with Gasteiger partial charge in [0, 0.05) is 0 Å². The third kappa shape index (κ3) is 9.90. The number of hydrogen-bond acceptors (Lipinski definition) is 3. The molecule has 0 aliphatic rings. The second kappa shape index (κ2) is 11.3. The lowest BCUT2D eigenvalue weighted by molar-refractivity contribution is -0.150. The SMILES string of the molecule is C#CCOC(=O)CC(C/C=C/CCCCC)C(=O)O. The molecule has 0 aromatic heterocycles. The van der Waals surface area contributed by atoms with E-state index in [1.54, 1.807) is 0 Å². The van der Waals surface area contributed by atoms with Crippen molar-refractivity contribution in [2.24, 2.45) is 5.92 Å². The first-order valence-corrected chi connectivity index (χ1v) is 6.58. The molecule has 1 atom stereocenters. The quantitative estimate of drug-likeness (QED) is 0.286. The average Bonchev–Trinajstić information content (AvgIpc) is 2.38. The van der Waals surface area contributed by atoms with E-state index in [2.05, 4.69) is 17.6 Å². The van der Waals surface area contributed by atoms with Gasteiger partial charge >= 0.3 is 11.9 Å². The molecule has 0 fully saturated rings. The van der Waals surface area contributed by atoms with Gasteiger partial charge in [-0.2, -0.15) is 0 Å². The molecule has 4 nitrogen and oxygen atoms in total. The summed E-state index contributed by atoms with van der Waals surface area (Å²) < 4.78 is 4.67. The van der Waals surface area contributed by atoms with Crippen LogP contribution in [0.2, 0.25) is 0 Å². The molecule has 0 saturated heterocycles. The van der Waals surface area contributed by atoms with Gasteiger partial charge < -0.3 is 9.84 Å². The number of carboxylic acid groups (broad SMARTS) is 1. The van der Waals surface area contributed by atoms with Gasteiger partial charge in [-0.25, -0.2) is 0 Å². The molecule has 106 valence electrons. The van der Waals surface area contributed by atoms with Crippen molar-refractivity contribution < 1.29 is 19.4 Å². The molecule has 0 aliphatic carbocycles. The number of carbonyl (C=O) groups is 2. The van der Waals surface area contributed by atoms with E-state index in [4.69, 9.17) is 11.5 Å². The van der Waals surface area contributed by atoms with Crippen molar-refractivity contribution in [1.82, 2.24) is 0 Å². The molecule has 4 heteroatoms. The molecule has 1 unspecified atom stereocenters. The number of carboxylic acids is 1. The van der Waals surface area contributed by atoms with Crippen molar-refractivity contribution in [2.45, 2.75) is 45.4 Å². The molecule has 0 aromatic rings. The fourth-order valence-corrected chi connectivity index (χ4v) is 1.54. The number of carbonyl (C=O) groups excluding carboxylic acids is 1. The van der Waals surface area contributed by atoms with Crippen molar-refractivity contribution in [3.8, 4) is 12.3 Å². The van der Waals surface area contributed by atoms with E-state index in [9.17, 15) is 9.59 Å². The number of esters is 1. The summed E-state index contributed by atoms with van der Waals surface area (Å²) >= 11 is 0. The van der Waals surface area contributed by atoms with Crippen LogP contribution < -0.4 is 0 Å². The van der Waals surface area contributed by atoms with E-state index >= 15 is 0 Å². The Hall–Kier alpha value is -1.76. The van der Waals surface area contributed by atoms with Crippen LogP contribution in [-0.4, -0.2) is 23.7 Å². The maximum absolute atomic E-state index is 11.3. The summed E-state index contributed by atoms with van der Waals surface area (Å²) in [4.78, 5) is 22.3. The second-order valence-corrected chi connectivity index (χ2v) is 4.31. The lowest BCUT2D eigenvalue weighted by atomic mass is 10.0. The molecule has 0 spiro atoms. The van der Waals surface area contributed by atoms with Crippen LogP contribution in [0.3, 0.4) is 0 Å². The number of hydrogen-bond donors (Lipinski definition) is 1. The van der Waals surface area contributed by atoms with Crippen molar-refractivity contribution in [1.29, 1.82) is 0 Å². The summed E-state index contributed by atoms with van der Waals surface area (Å²) in [6.07, 6.45) is 13.3. The third-order valence-corrected chi connectivity index (χ3v) is 2.64. The van der Waals surface area contributed by atoms with E-state index in [1.165, 1.54) is 6.42 Å². The zero-order valence-corrected chi connectivity index (χ0v) is 11.4. The van der Waals surface area contributed by atoms with Gasteiger partial charge in [-0.3, -0.25) is 9.59 Å². The van der Waals surface area contributed by atoms with Crippen LogP contribution in [0.25, 0.3) is 0 Å². The van der Waals surface area contributed by atoms with E-state index < -0.39 is 17.9 Å². The summed E-state index contributed by atoms with van der Waals surface area (Å²) in [7, 11) is 0. The highest BCUT2D eigenvalue weighted by Crippen LogP contribution is 2.12. The molecule has 0 aliphatic heterocycles. The van der Waals surface area contributed by atoms with Gasteiger partial charge in [0.15, 0.2) is 6.61 Å². The van der Waals surface area contributed by atoms with Gasteiger partial charge in [0.25, 0.3) is 0 Å². The van der Waals surface area contributed by atoms with Gasteiger partial charge in [-0.1, -0.05) is 37.8 Å². The monoisotopic (exact) mass is 266 g/mol. The number of allylic oxidation sites excluding steroid dienone is 2. The minimum atomic E-state index is -0.990. The maximum Gasteiger partial charge on any atom is 0.307 e. The molecule has 0 saturated carbocycles. The van der Waals surface area contributed by atoms with Gasteiger partial charge in [-0.15, -0.1) is 6.42 Å². The van der Waals surface area contributed by atoms with Crippen LogP contribution in [0.1, 0.15) is 45.4 Å². The number of terminal acetylenes is 1. The minimum Gasteiger partial charge on any atom is -0.481 e. The first kappa shape index (κ1) is 17.2. The number of aliphatic carboxylic acids is 1. The number of rotatable bonds is 10. The first-order valence-electron chi connectivity index (χ1n) is 6.58. The normalized spacial score (nSPS) is 12.0. The molecule has 1 N–H and O–H groups in total. The minimum absolute atomic E-state index is 0.113. The van der Waals surface area contributed by atoms with Gasteiger partial charge in [-0.05, 0) is 19.3 Å². The van der Waals surface area contributed by atoms with Crippen molar-refractivity contribution >= 4 is 11.9 Å². The van der Waals surface area contributed by atoms with Crippen LogP contribution in [0, 0.1) is 18.3 Å². The van der Waals surface area contributed by atoms with Crippen LogP contribution >= 0.6 is 0 Å². The average molecular weight is 266 g/mol. The van der Waals surface area contributed by atoms with E-state index in [1.807, 2.05) is 12.2 Å². The molecule has 0 heterocycles. The van der Waals surface area contributed by atoms with Crippen molar-refractivity contribution in [2.75, 3.05) is 6.61 Å². The summed E-state index contributed by atoms with van der Waals surface area (Å²) in [5.74, 6) is -0.129. The lowest BCUT2D eigenvalue weighted by Crippen LogP contribution is -2.19. The molecule has 0 aromatic carbocycles. The van der Waals surface area contributed by atoms with Gasteiger partial charge in [0.05, 0.1) is 12.3 Å². The predicted molar refractivity (Wildman–Crippen MR) is 73.4 cm³/mol. The molecular weight excluding hydrogens is 244 g/mol. The van der Waals surface area contributed by atoms with Gasteiger partial charge in [0.2, 0.25) is 0 Å². The second-order valence-electron chi connectivity index (χ2n) is 4.31. The van der Waals surface area contributed by atoms with E-state index in [0.29, 0.717) is 6.42 Å². The predicted octanol–water partition coefficient (Wildman–Crippen LogP) is 2.78. The molecule has 0 bridgehead atoms. The Balaban J connectivity index is 4.02. The number of unbranched alkanes of at least 4 members (excludes halogenated alkanes) is 3. The first-order chi connectivity index (χ1) is 9.11. The fraction of sp³-hybridized carbons (Fsp3) is 0.600. The van der Waals surface area contributed by atoms with E-state index in [0.717, 1.165) is 19.3 Å². The molecule has 0 radical (unpaired) electrons. The largest absolute Gasteiger partial charge is 0.481 e. The Bertz CT molecular complexity index is 339. The molecule has 0 rings (SSSR count). The fourth-order valence-electron chi connectivity index (χ4n) is 1.54. The molecular formula is C15H22O4. The van der Waals surface area contributed by atoms with Crippen LogP contribution in [0.15, 0.2) is 12.2 Å². The Morgan fingerprint density at radius 1 is 1.37 bits per heavy atom. The summed E-state index contributed by atoms with van der Waals surface area (Å²) in [5, 5.41) is 9.01. The highest BCUT2D eigenvalue weighted by molar-refractivity contribution is 5.78. The van der Waals surface area contributed by atoms with Crippen LogP contribution in [0.5, 0.6) is 0 Å². The van der Waals surface area contributed by atoms with Crippen molar-refractivity contribution in [3.63, 3.8) is 0 Å². The van der Waals surface area contributed by atoms with Crippen LogP contribution in [-0.2, 0) is 14.3 Å². The maximum atomic E-state index is 11.3.